The molecule has 2 rings (SSSR count). The van der Waals surface area contributed by atoms with Crippen LogP contribution in [0.5, 0.6) is 0 Å². The summed E-state index contributed by atoms with van der Waals surface area (Å²) in [5.41, 5.74) is 1.35. The smallest absolute Gasteiger partial charge is 0.271 e. The highest BCUT2D eigenvalue weighted by molar-refractivity contribution is 7.89. The number of nitro benzene ring substituents is 1. The largest absolute Gasteiger partial charge is 0.377 e. The van der Waals surface area contributed by atoms with Crippen LogP contribution in [0.2, 0.25) is 5.02 Å². The molecule has 0 fully saturated rings. The van der Waals surface area contributed by atoms with Gasteiger partial charge in [0.05, 0.1) is 20.5 Å². The maximum Gasteiger partial charge on any atom is 0.271 e. The van der Waals surface area contributed by atoms with E-state index in [4.69, 9.17) is 11.6 Å². The molecule has 0 spiro atoms. The third-order valence-corrected chi connectivity index (χ3v) is 6.64. The molecule has 0 aliphatic carbocycles. The van der Waals surface area contributed by atoms with Crippen LogP contribution in [0.1, 0.15) is 32.4 Å². The fourth-order valence-electron chi connectivity index (χ4n) is 2.69. The minimum atomic E-state index is -3.49. The van der Waals surface area contributed by atoms with Gasteiger partial charge in [-0.25, -0.2) is 8.42 Å². The number of non-ortho nitro benzene ring substituents is 1. The Hall–Kier alpha value is -2.16. The second-order valence-corrected chi connectivity index (χ2v) is 8.29. The molecule has 27 heavy (non-hydrogen) atoms. The van der Waals surface area contributed by atoms with Gasteiger partial charge in [-0.05, 0) is 30.7 Å². The summed E-state index contributed by atoms with van der Waals surface area (Å²) in [6.45, 7) is 6.32. The molecule has 0 aliphatic heterocycles. The molecule has 1 atom stereocenters. The topological polar surface area (TPSA) is 92.6 Å². The zero-order valence-electron chi connectivity index (χ0n) is 15.3. The Labute approximate surface area is 164 Å². The van der Waals surface area contributed by atoms with E-state index in [1.54, 1.807) is 44.2 Å². The van der Waals surface area contributed by atoms with Crippen molar-refractivity contribution in [2.24, 2.45) is 0 Å². The predicted octanol–water partition coefficient (Wildman–Crippen LogP) is 4.45. The molecule has 146 valence electrons. The fourth-order valence-corrected chi connectivity index (χ4v) is 4.38. The van der Waals surface area contributed by atoms with E-state index in [2.05, 4.69) is 5.32 Å². The molecule has 0 saturated carbocycles. The van der Waals surface area contributed by atoms with Crippen LogP contribution in [0.4, 0.5) is 11.4 Å². The van der Waals surface area contributed by atoms with E-state index in [9.17, 15) is 18.5 Å². The van der Waals surface area contributed by atoms with Crippen LogP contribution in [-0.2, 0) is 10.0 Å². The summed E-state index contributed by atoms with van der Waals surface area (Å²) in [7, 11) is -3.49. The van der Waals surface area contributed by atoms with E-state index in [0.29, 0.717) is 18.8 Å². The number of rotatable bonds is 8. The van der Waals surface area contributed by atoms with Gasteiger partial charge in [0.15, 0.2) is 0 Å². The van der Waals surface area contributed by atoms with Crippen LogP contribution in [0, 0.1) is 10.1 Å². The first kappa shape index (κ1) is 21.1. The normalized spacial score (nSPS) is 12.8. The van der Waals surface area contributed by atoms with Crippen molar-refractivity contribution >= 4 is 33.0 Å². The summed E-state index contributed by atoms with van der Waals surface area (Å²) >= 11 is 6.11. The maximum atomic E-state index is 12.5. The Morgan fingerprint density at radius 1 is 1.15 bits per heavy atom. The number of hydrogen-bond acceptors (Lipinski definition) is 5. The van der Waals surface area contributed by atoms with Crippen molar-refractivity contribution in [1.29, 1.82) is 0 Å². The molecule has 0 aliphatic rings. The van der Waals surface area contributed by atoms with Gasteiger partial charge in [-0.1, -0.05) is 37.6 Å². The van der Waals surface area contributed by atoms with Crippen molar-refractivity contribution in [3.63, 3.8) is 0 Å². The van der Waals surface area contributed by atoms with Crippen molar-refractivity contribution in [2.75, 3.05) is 18.4 Å². The van der Waals surface area contributed by atoms with Gasteiger partial charge in [-0.2, -0.15) is 4.31 Å². The molecule has 1 N–H and O–H groups in total. The molecule has 7 nitrogen and oxygen atoms in total. The number of nitro groups is 1. The van der Waals surface area contributed by atoms with Gasteiger partial charge in [0.1, 0.15) is 0 Å². The highest BCUT2D eigenvalue weighted by Gasteiger charge is 2.21. The maximum absolute atomic E-state index is 12.5. The van der Waals surface area contributed by atoms with Gasteiger partial charge in [0, 0.05) is 31.3 Å². The Morgan fingerprint density at radius 2 is 1.74 bits per heavy atom. The van der Waals surface area contributed by atoms with Gasteiger partial charge in [-0.3, -0.25) is 10.1 Å². The lowest BCUT2D eigenvalue weighted by molar-refractivity contribution is -0.384. The first-order valence-electron chi connectivity index (χ1n) is 8.51. The predicted molar refractivity (Wildman–Crippen MR) is 107 cm³/mol. The second-order valence-electron chi connectivity index (χ2n) is 5.95. The number of benzene rings is 2. The van der Waals surface area contributed by atoms with E-state index in [0.717, 1.165) is 5.56 Å². The average Bonchev–Trinajstić information content (AvgIpc) is 2.64. The summed E-state index contributed by atoms with van der Waals surface area (Å²) in [4.78, 5) is 10.5. The zero-order chi connectivity index (χ0) is 20.2. The first-order chi connectivity index (χ1) is 12.7. The lowest BCUT2D eigenvalue weighted by Gasteiger charge is -2.20. The first-order valence-corrected chi connectivity index (χ1v) is 10.3. The van der Waals surface area contributed by atoms with Gasteiger partial charge in [-0.15, -0.1) is 0 Å². The number of halogens is 1. The molecule has 0 amide bonds. The van der Waals surface area contributed by atoms with Crippen LogP contribution in [0.15, 0.2) is 47.4 Å². The molecule has 1 unspecified atom stereocenters. The molecule has 0 aromatic heterocycles. The van der Waals surface area contributed by atoms with Crippen LogP contribution in [0.25, 0.3) is 0 Å². The van der Waals surface area contributed by atoms with Crippen LogP contribution in [-0.4, -0.2) is 30.7 Å². The van der Waals surface area contributed by atoms with Gasteiger partial charge in [0.25, 0.3) is 5.69 Å². The van der Waals surface area contributed by atoms with Crippen molar-refractivity contribution in [3.8, 4) is 0 Å². The van der Waals surface area contributed by atoms with E-state index in [1.807, 2.05) is 6.92 Å². The third-order valence-electron chi connectivity index (χ3n) is 4.26. The monoisotopic (exact) mass is 411 g/mol. The molecule has 2 aromatic carbocycles. The number of anilines is 1. The van der Waals surface area contributed by atoms with Crippen molar-refractivity contribution in [2.45, 2.75) is 31.7 Å². The molecular formula is C18H22ClN3O4S. The Kier molecular flexibility index (Phi) is 6.80. The lowest BCUT2D eigenvalue weighted by atomic mass is 10.1. The molecule has 0 radical (unpaired) electrons. The number of hydrogen-bond donors (Lipinski definition) is 1. The summed E-state index contributed by atoms with van der Waals surface area (Å²) in [5, 5.41) is 14.2. The molecule has 9 heteroatoms. The number of nitrogens with one attached hydrogen (secondary N) is 1. The molecule has 2 aromatic rings. The lowest BCUT2D eigenvalue weighted by Crippen LogP contribution is -2.30. The quantitative estimate of drug-likeness (QED) is 0.511. The van der Waals surface area contributed by atoms with E-state index in [-0.39, 0.29) is 21.6 Å². The van der Waals surface area contributed by atoms with Crippen molar-refractivity contribution < 1.29 is 13.3 Å². The SMILES string of the molecule is CCN(CC)S(=O)(=O)c1ccc(C(C)Nc2ccc([N+](=O)[O-])cc2Cl)cc1. The minimum Gasteiger partial charge on any atom is -0.377 e. The summed E-state index contributed by atoms with van der Waals surface area (Å²) in [6.07, 6.45) is 0. The van der Waals surface area contributed by atoms with Gasteiger partial charge < -0.3 is 5.32 Å². The third kappa shape index (κ3) is 4.77. The number of sulfonamides is 1. The zero-order valence-corrected chi connectivity index (χ0v) is 16.9. The Balaban J connectivity index is 2.19. The number of nitrogens with zero attached hydrogens (tertiary/aromatic N) is 2. The van der Waals surface area contributed by atoms with E-state index in [1.165, 1.54) is 16.4 Å². The average molecular weight is 412 g/mol. The standard InChI is InChI=1S/C18H22ClN3O4S/c1-4-21(5-2)27(25,26)16-9-6-14(7-10-16)13(3)20-18-11-8-15(22(23)24)12-17(18)19/h6-13,20H,4-5H2,1-3H3. The minimum absolute atomic E-state index is 0.0795. The van der Waals surface area contributed by atoms with Gasteiger partial charge >= 0.3 is 0 Å². The van der Waals surface area contributed by atoms with Crippen molar-refractivity contribution in [3.05, 3.63) is 63.2 Å². The molecule has 0 heterocycles. The van der Waals surface area contributed by atoms with Gasteiger partial charge in [0.2, 0.25) is 10.0 Å². The second kappa shape index (κ2) is 8.69. The van der Waals surface area contributed by atoms with Crippen LogP contribution >= 0.6 is 11.6 Å². The van der Waals surface area contributed by atoms with E-state index < -0.39 is 14.9 Å². The summed E-state index contributed by atoms with van der Waals surface area (Å²) < 4.78 is 26.5. The van der Waals surface area contributed by atoms with Crippen LogP contribution in [0.3, 0.4) is 0 Å². The summed E-state index contributed by atoms with van der Waals surface area (Å²) in [5.74, 6) is 0. The Bertz CT molecular complexity index is 913. The van der Waals surface area contributed by atoms with E-state index >= 15 is 0 Å². The van der Waals surface area contributed by atoms with Crippen molar-refractivity contribution in [1.82, 2.24) is 4.31 Å². The molecule has 0 bridgehead atoms. The molecular weight excluding hydrogens is 390 g/mol. The highest BCUT2D eigenvalue weighted by Crippen LogP contribution is 2.30. The summed E-state index contributed by atoms with van der Waals surface area (Å²) in [6, 6.07) is 10.7. The molecule has 0 saturated heterocycles. The fraction of sp³-hybridized carbons (Fsp3) is 0.333. The highest BCUT2D eigenvalue weighted by atomic mass is 35.5. The Morgan fingerprint density at radius 3 is 2.22 bits per heavy atom. The van der Waals surface area contributed by atoms with Crippen LogP contribution < -0.4 is 5.32 Å².